The molecule has 1 aliphatic heterocycles. The summed E-state index contributed by atoms with van der Waals surface area (Å²) in [6.07, 6.45) is -0.431. The van der Waals surface area contributed by atoms with E-state index < -0.39 is 24.2 Å². The summed E-state index contributed by atoms with van der Waals surface area (Å²) in [7, 11) is 0. The van der Waals surface area contributed by atoms with Gasteiger partial charge in [0, 0.05) is 4.83 Å². The number of ether oxygens (including phenoxy) is 1. The minimum Gasteiger partial charge on any atom is -0.404 e. The van der Waals surface area contributed by atoms with Crippen LogP contribution in [-0.4, -0.2) is 33.9 Å². The van der Waals surface area contributed by atoms with E-state index in [0.717, 1.165) is 11.3 Å². The number of hydrogen-bond donors (Lipinski definition) is 0. The molecule has 3 unspecified atom stereocenters. The van der Waals surface area contributed by atoms with Gasteiger partial charge in [-0.25, -0.2) is 14.1 Å². The molecule has 0 N–H and O–H groups in total. The van der Waals surface area contributed by atoms with E-state index in [1.807, 2.05) is 0 Å². The number of halogens is 2. The average molecular weight is 320 g/mol. The number of imide groups is 1. The SMILES string of the molecule is CC(C)=C1OC(=O)N(C2CCC(Br)CC2F)C1=O. The zero-order valence-corrected chi connectivity index (χ0v) is 11.9. The van der Waals surface area contributed by atoms with E-state index in [2.05, 4.69) is 15.9 Å². The van der Waals surface area contributed by atoms with Crippen molar-refractivity contribution in [1.82, 2.24) is 4.90 Å². The molecular formula is C12H15BrFNO3. The fourth-order valence-electron chi connectivity index (χ4n) is 2.32. The molecule has 1 saturated carbocycles. The fraction of sp³-hybridized carbons (Fsp3) is 0.667. The van der Waals surface area contributed by atoms with Crippen LogP contribution in [0.25, 0.3) is 0 Å². The Labute approximate surface area is 113 Å². The standard InChI is InChI=1S/C12H15BrFNO3/c1-6(2)10-11(16)15(12(17)18-10)9-4-3-7(13)5-8(9)14/h7-9H,3-5H2,1-2H3. The maximum Gasteiger partial charge on any atom is 0.422 e. The van der Waals surface area contributed by atoms with Gasteiger partial charge in [-0.05, 0) is 38.7 Å². The number of cyclic esters (lactones) is 1. The molecule has 0 aromatic heterocycles. The Kier molecular flexibility index (Phi) is 3.75. The second-order valence-corrected chi connectivity index (χ2v) is 6.16. The summed E-state index contributed by atoms with van der Waals surface area (Å²) in [4.78, 5) is 24.8. The van der Waals surface area contributed by atoms with E-state index in [0.29, 0.717) is 18.4 Å². The Morgan fingerprint density at radius 3 is 2.56 bits per heavy atom. The largest absolute Gasteiger partial charge is 0.422 e. The molecule has 0 bridgehead atoms. The predicted octanol–water partition coefficient (Wildman–Crippen LogP) is 2.91. The molecule has 1 aliphatic carbocycles. The molecule has 6 heteroatoms. The quantitative estimate of drug-likeness (QED) is 0.551. The van der Waals surface area contributed by atoms with Crippen LogP contribution in [-0.2, 0) is 9.53 Å². The summed E-state index contributed by atoms with van der Waals surface area (Å²) in [5, 5.41) is 0. The minimum absolute atomic E-state index is 0.0353. The summed E-state index contributed by atoms with van der Waals surface area (Å²) in [5.41, 5.74) is 0.625. The van der Waals surface area contributed by atoms with Crippen LogP contribution in [0.3, 0.4) is 0 Å². The van der Waals surface area contributed by atoms with Crippen molar-refractivity contribution >= 4 is 27.9 Å². The fourth-order valence-corrected chi connectivity index (χ4v) is 2.94. The van der Waals surface area contributed by atoms with Crippen molar-refractivity contribution in [2.45, 2.75) is 50.2 Å². The lowest BCUT2D eigenvalue weighted by Gasteiger charge is -2.32. The minimum atomic E-state index is -1.20. The highest BCUT2D eigenvalue weighted by Crippen LogP contribution is 2.33. The lowest BCUT2D eigenvalue weighted by molar-refractivity contribution is -0.126. The maximum atomic E-state index is 14.0. The Morgan fingerprint density at radius 2 is 2.06 bits per heavy atom. The normalized spacial score (nSPS) is 32.8. The zero-order valence-electron chi connectivity index (χ0n) is 10.3. The van der Waals surface area contributed by atoms with Gasteiger partial charge in [0.15, 0.2) is 5.76 Å². The molecule has 100 valence electrons. The lowest BCUT2D eigenvalue weighted by Crippen LogP contribution is -2.48. The van der Waals surface area contributed by atoms with E-state index in [1.165, 1.54) is 0 Å². The first-order chi connectivity index (χ1) is 8.41. The molecule has 0 spiro atoms. The van der Waals surface area contributed by atoms with Crippen LogP contribution < -0.4 is 0 Å². The molecule has 1 saturated heterocycles. The maximum absolute atomic E-state index is 14.0. The Bertz CT molecular complexity index is 420. The molecule has 0 aromatic rings. The number of alkyl halides is 2. The van der Waals surface area contributed by atoms with Crippen LogP contribution in [0, 0.1) is 0 Å². The topological polar surface area (TPSA) is 46.6 Å². The molecule has 3 atom stereocenters. The molecule has 0 aromatic carbocycles. The molecule has 1 heterocycles. The molecule has 2 amide bonds. The zero-order chi connectivity index (χ0) is 13.4. The van der Waals surface area contributed by atoms with Crippen molar-refractivity contribution < 1.29 is 18.7 Å². The van der Waals surface area contributed by atoms with Gasteiger partial charge < -0.3 is 4.74 Å². The van der Waals surface area contributed by atoms with Gasteiger partial charge in [-0.15, -0.1) is 0 Å². The van der Waals surface area contributed by atoms with E-state index >= 15 is 0 Å². The highest BCUT2D eigenvalue weighted by molar-refractivity contribution is 9.09. The number of hydrogen-bond acceptors (Lipinski definition) is 3. The van der Waals surface area contributed by atoms with E-state index in [4.69, 9.17) is 4.74 Å². The highest BCUT2D eigenvalue weighted by atomic mass is 79.9. The summed E-state index contributed by atoms with van der Waals surface area (Å²) in [6, 6.07) is -0.698. The van der Waals surface area contributed by atoms with E-state index in [1.54, 1.807) is 13.8 Å². The van der Waals surface area contributed by atoms with Crippen molar-refractivity contribution in [3.05, 3.63) is 11.3 Å². The molecular weight excluding hydrogens is 305 g/mol. The number of amides is 2. The van der Waals surface area contributed by atoms with Crippen molar-refractivity contribution in [1.29, 1.82) is 0 Å². The van der Waals surface area contributed by atoms with Gasteiger partial charge in [-0.3, -0.25) is 4.79 Å². The molecule has 0 radical (unpaired) electrons. The van der Waals surface area contributed by atoms with Gasteiger partial charge >= 0.3 is 6.09 Å². The molecule has 2 fully saturated rings. The number of allylic oxidation sites excluding steroid dienone is 1. The molecule has 2 rings (SSSR count). The number of nitrogens with zero attached hydrogens (tertiary/aromatic N) is 1. The Balaban J connectivity index is 2.21. The monoisotopic (exact) mass is 319 g/mol. The smallest absolute Gasteiger partial charge is 0.404 e. The van der Waals surface area contributed by atoms with Gasteiger partial charge in [0.1, 0.15) is 6.17 Å². The van der Waals surface area contributed by atoms with Gasteiger partial charge in [-0.2, -0.15) is 0 Å². The summed E-state index contributed by atoms with van der Waals surface area (Å²) >= 11 is 3.36. The van der Waals surface area contributed by atoms with Crippen LogP contribution in [0.4, 0.5) is 9.18 Å². The summed E-state index contributed by atoms with van der Waals surface area (Å²) < 4.78 is 18.9. The number of carbonyl (C=O) groups excluding carboxylic acids is 2. The third kappa shape index (κ3) is 2.30. The first kappa shape index (κ1) is 13.5. The van der Waals surface area contributed by atoms with Gasteiger partial charge in [0.25, 0.3) is 5.91 Å². The molecule has 4 nitrogen and oxygen atoms in total. The second-order valence-electron chi connectivity index (χ2n) is 4.87. The van der Waals surface area contributed by atoms with Gasteiger partial charge in [0.05, 0.1) is 6.04 Å². The van der Waals surface area contributed by atoms with E-state index in [9.17, 15) is 14.0 Å². The van der Waals surface area contributed by atoms with Gasteiger partial charge in [0.2, 0.25) is 0 Å². The summed E-state index contributed by atoms with van der Waals surface area (Å²) in [5.74, 6) is -0.478. The molecule has 2 aliphatic rings. The average Bonchev–Trinajstić information content (AvgIpc) is 2.56. The Hall–Kier alpha value is -0.910. The van der Waals surface area contributed by atoms with Crippen LogP contribution >= 0.6 is 15.9 Å². The van der Waals surface area contributed by atoms with Crippen molar-refractivity contribution in [2.75, 3.05) is 0 Å². The molecule has 18 heavy (non-hydrogen) atoms. The second kappa shape index (κ2) is 4.99. The van der Waals surface area contributed by atoms with Crippen molar-refractivity contribution in [2.24, 2.45) is 0 Å². The predicted molar refractivity (Wildman–Crippen MR) is 67.0 cm³/mol. The Morgan fingerprint density at radius 1 is 1.39 bits per heavy atom. The first-order valence-electron chi connectivity index (χ1n) is 5.92. The van der Waals surface area contributed by atoms with Crippen LogP contribution in [0.1, 0.15) is 33.1 Å². The van der Waals surface area contributed by atoms with Crippen LogP contribution in [0.2, 0.25) is 0 Å². The third-order valence-corrected chi connectivity index (χ3v) is 4.09. The van der Waals surface area contributed by atoms with Crippen LogP contribution in [0.15, 0.2) is 11.3 Å². The van der Waals surface area contributed by atoms with Crippen molar-refractivity contribution in [3.8, 4) is 0 Å². The lowest BCUT2D eigenvalue weighted by atomic mass is 9.92. The van der Waals surface area contributed by atoms with E-state index in [-0.39, 0.29) is 10.6 Å². The van der Waals surface area contributed by atoms with Gasteiger partial charge in [-0.1, -0.05) is 15.9 Å². The van der Waals surface area contributed by atoms with Crippen LogP contribution in [0.5, 0.6) is 0 Å². The number of rotatable bonds is 1. The summed E-state index contributed by atoms with van der Waals surface area (Å²) in [6.45, 7) is 3.37. The highest BCUT2D eigenvalue weighted by Gasteiger charge is 2.46. The third-order valence-electron chi connectivity index (χ3n) is 3.26. The number of carbonyl (C=O) groups is 2. The first-order valence-corrected chi connectivity index (χ1v) is 6.84. The van der Waals surface area contributed by atoms with Crippen molar-refractivity contribution in [3.63, 3.8) is 0 Å².